The standard InChI is InChI=1S/C16H21N3O2.ClH/c1-2-16(8-3-9-17-16)15(21)18-12-5-6-13-11(10-12)4-7-14(20)19-13;/h5-6,10,17H,2-4,7-9H2,1H3,(H,18,21)(H,19,20);1H. The number of fused-ring (bicyclic) bond motifs is 1. The number of hydrogen-bond donors (Lipinski definition) is 3. The van der Waals surface area contributed by atoms with Crippen molar-refractivity contribution in [3.05, 3.63) is 23.8 Å². The molecule has 0 aliphatic carbocycles. The summed E-state index contributed by atoms with van der Waals surface area (Å²) in [5.74, 6) is 0.0988. The molecule has 0 spiro atoms. The van der Waals surface area contributed by atoms with E-state index in [1.165, 1.54) is 0 Å². The minimum absolute atomic E-state index is 0. The van der Waals surface area contributed by atoms with Crippen LogP contribution in [0.3, 0.4) is 0 Å². The lowest BCUT2D eigenvalue weighted by Crippen LogP contribution is -2.50. The van der Waals surface area contributed by atoms with Gasteiger partial charge in [-0.1, -0.05) is 6.92 Å². The van der Waals surface area contributed by atoms with Gasteiger partial charge in [0.1, 0.15) is 0 Å². The molecule has 2 aliphatic heterocycles. The van der Waals surface area contributed by atoms with Crippen LogP contribution in [-0.4, -0.2) is 23.9 Å². The van der Waals surface area contributed by atoms with Crippen molar-refractivity contribution < 1.29 is 9.59 Å². The molecule has 2 aliphatic rings. The van der Waals surface area contributed by atoms with Gasteiger partial charge in [-0.3, -0.25) is 9.59 Å². The van der Waals surface area contributed by atoms with E-state index in [0.717, 1.165) is 49.2 Å². The van der Waals surface area contributed by atoms with Crippen LogP contribution in [0.25, 0.3) is 0 Å². The van der Waals surface area contributed by atoms with Crippen LogP contribution in [0.1, 0.15) is 38.2 Å². The summed E-state index contributed by atoms with van der Waals surface area (Å²) < 4.78 is 0. The van der Waals surface area contributed by atoms with Crippen LogP contribution in [0.5, 0.6) is 0 Å². The van der Waals surface area contributed by atoms with E-state index in [4.69, 9.17) is 0 Å². The van der Waals surface area contributed by atoms with Crippen LogP contribution >= 0.6 is 12.4 Å². The highest BCUT2D eigenvalue weighted by Crippen LogP contribution is 2.28. The van der Waals surface area contributed by atoms with Crippen molar-refractivity contribution in [2.75, 3.05) is 17.2 Å². The number of amides is 2. The fraction of sp³-hybridized carbons (Fsp3) is 0.500. The maximum atomic E-state index is 12.5. The number of carbonyl (C=O) groups excluding carboxylic acids is 2. The first-order valence-electron chi connectivity index (χ1n) is 7.62. The number of nitrogens with one attached hydrogen (secondary N) is 3. The van der Waals surface area contributed by atoms with E-state index in [2.05, 4.69) is 16.0 Å². The van der Waals surface area contributed by atoms with Gasteiger partial charge in [0.25, 0.3) is 0 Å². The molecule has 0 bridgehead atoms. The van der Waals surface area contributed by atoms with Gasteiger partial charge in [-0.15, -0.1) is 12.4 Å². The first kappa shape index (κ1) is 16.8. The third-order valence-electron chi connectivity index (χ3n) is 4.54. The number of benzene rings is 1. The van der Waals surface area contributed by atoms with E-state index in [1.807, 2.05) is 25.1 Å². The zero-order chi connectivity index (χ0) is 14.9. The van der Waals surface area contributed by atoms with Gasteiger partial charge in [0.05, 0.1) is 5.54 Å². The maximum Gasteiger partial charge on any atom is 0.244 e. The highest BCUT2D eigenvalue weighted by atomic mass is 35.5. The molecular formula is C16H22ClN3O2. The van der Waals surface area contributed by atoms with Crippen molar-refractivity contribution in [2.24, 2.45) is 0 Å². The molecule has 0 aromatic heterocycles. The largest absolute Gasteiger partial charge is 0.326 e. The van der Waals surface area contributed by atoms with Crippen molar-refractivity contribution in [1.29, 1.82) is 0 Å². The van der Waals surface area contributed by atoms with E-state index in [1.54, 1.807) is 0 Å². The summed E-state index contributed by atoms with van der Waals surface area (Å²) in [6.45, 7) is 2.94. The Morgan fingerprint density at radius 1 is 1.36 bits per heavy atom. The molecule has 6 heteroatoms. The summed E-state index contributed by atoms with van der Waals surface area (Å²) in [7, 11) is 0. The first-order valence-corrected chi connectivity index (χ1v) is 7.62. The Morgan fingerprint density at radius 3 is 2.86 bits per heavy atom. The van der Waals surface area contributed by atoms with Crippen molar-refractivity contribution >= 4 is 35.6 Å². The normalized spacial score (nSPS) is 23.2. The van der Waals surface area contributed by atoms with Gasteiger partial charge in [-0.25, -0.2) is 0 Å². The second kappa shape index (κ2) is 6.67. The fourth-order valence-electron chi connectivity index (χ4n) is 3.17. The maximum absolute atomic E-state index is 12.5. The monoisotopic (exact) mass is 323 g/mol. The predicted molar refractivity (Wildman–Crippen MR) is 89.5 cm³/mol. The van der Waals surface area contributed by atoms with Crippen molar-refractivity contribution in [2.45, 2.75) is 44.6 Å². The molecule has 120 valence electrons. The summed E-state index contributed by atoms with van der Waals surface area (Å²) in [5.41, 5.74) is 2.31. The van der Waals surface area contributed by atoms with Gasteiger partial charge in [-0.05, 0) is 56.0 Å². The lowest BCUT2D eigenvalue weighted by molar-refractivity contribution is -0.122. The van der Waals surface area contributed by atoms with E-state index in [-0.39, 0.29) is 24.2 Å². The molecule has 1 aromatic carbocycles. The molecule has 3 rings (SSSR count). The highest BCUT2D eigenvalue weighted by molar-refractivity contribution is 5.99. The van der Waals surface area contributed by atoms with Crippen LogP contribution in [0.4, 0.5) is 11.4 Å². The molecule has 1 aromatic rings. The predicted octanol–water partition coefficient (Wildman–Crippen LogP) is 2.46. The Labute approximate surface area is 136 Å². The average molecular weight is 324 g/mol. The van der Waals surface area contributed by atoms with Crippen molar-refractivity contribution in [3.63, 3.8) is 0 Å². The summed E-state index contributed by atoms with van der Waals surface area (Å²) in [4.78, 5) is 23.9. The second-order valence-electron chi connectivity index (χ2n) is 5.84. The number of halogens is 1. The second-order valence-corrected chi connectivity index (χ2v) is 5.84. The quantitative estimate of drug-likeness (QED) is 0.800. The number of carbonyl (C=O) groups is 2. The summed E-state index contributed by atoms with van der Waals surface area (Å²) in [5, 5.41) is 9.21. The molecule has 1 fully saturated rings. The average Bonchev–Trinajstić information content (AvgIpc) is 2.97. The van der Waals surface area contributed by atoms with Crippen LogP contribution < -0.4 is 16.0 Å². The third-order valence-corrected chi connectivity index (χ3v) is 4.54. The molecule has 3 N–H and O–H groups in total. The lowest BCUT2D eigenvalue weighted by Gasteiger charge is -2.27. The molecule has 1 saturated heterocycles. The van der Waals surface area contributed by atoms with Gasteiger partial charge < -0.3 is 16.0 Å². The Kier molecular flexibility index (Phi) is 5.08. The minimum Gasteiger partial charge on any atom is -0.326 e. The fourth-order valence-corrected chi connectivity index (χ4v) is 3.17. The minimum atomic E-state index is -0.426. The van der Waals surface area contributed by atoms with Crippen LogP contribution in [0.2, 0.25) is 0 Å². The number of anilines is 2. The van der Waals surface area contributed by atoms with Crippen LogP contribution in [0.15, 0.2) is 18.2 Å². The molecule has 0 saturated carbocycles. The lowest BCUT2D eigenvalue weighted by atomic mass is 9.93. The molecule has 5 nitrogen and oxygen atoms in total. The van der Waals surface area contributed by atoms with Gasteiger partial charge in [0.15, 0.2) is 0 Å². The van der Waals surface area contributed by atoms with Gasteiger partial charge in [-0.2, -0.15) is 0 Å². The van der Waals surface area contributed by atoms with Crippen molar-refractivity contribution in [3.8, 4) is 0 Å². The molecule has 0 radical (unpaired) electrons. The smallest absolute Gasteiger partial charge is 0.244 e. The molecule has 2 amide bonds. The number of hydrogen-bond acceptors (Lipinski definition) is 3. The van der Waals surface area contributed by atoms with Crippen LogP contribution in [0, 0.1) is 0 Å². The SMILES string of the molecule is CCC1(C(=O)Nc2ccc3c(c2)CCC(=O)N3)CCCN1.Cl. The van der Waals surface area contributed by atoms with E-state index in [9.17, 15) is 9.59 Å². The van der Waals surface area contributed by atoms with E-state index < -0.39 is 5.54 Å². The van der Waals surface area contributed by atoms with Gasteiger partial charge in [0.2, 0.25) is 11.8 Å². The van der Waals surface area contributed by atoms with Crippen molar-refractivity contribution in [1.82, 2.24) is 5.32 Å². The van der Waals surface area contributed by atoms with E-state index >= 15 is 0 Å². The summed E-state index contributed by atoms with van der Waals surface area (Å²) in [6.07, 6.45) is 3.94. The van der Waals surface area contributed by atoms with E-state index in [0.29, 0.717) is 6.42 Å². The molecule has 1 unspecified atom stereocenters. The Balaban J connectivity index is 0.00000176. The zero-order valence-electron chi connectivity index (χ0n) is 12.7. The van der Waals surface area contributed by atoms with Crippen LogP contribution in [-0.2, 0) is 16.0 Å². The van der Waals surface area contributed by atoms with Gasteiger partial charge in [0, 0.05) is 17.8 Å². The Bertz CT molecular complexity index is 583. The Hall–Kier alpha value is -1.59. The molecule has 22 heavy (non-hydrogen) atoms. The topological polar surface area (TPSA) is 70.2 Å². The van der Waals surface area contributed by atoms with Gasteiger partial charge >= 0.3 is 0 Å². The molecule has 2 heterocycles. The Morgan fingerprint density at radius 2 is 2.18 bits per heavy atom. The molecular weight excluding hydrogens is 302 g/mol. The zero-order valence-corrected chi connectivity index (χ0v) is 13.5. The number of aryl methyl sites for hydroxylation is 1. The molecule has 1 atom stereocenters. The number of rotatable bonds is 3. The third kappa shape index (κ3) is 3.10. The first-order chi connectivity index (χ1) is 10.1. The highest BCUT2D eigenvalue weighted by Gasteiger charge is 2.39. The summed E-state index contributed by atoms with van der Waals surface area (Å²) >= 11 is 0. The summed E-state index contributed by atoms with van der Waals surface area (Å²) in [6, 6.07) is 5.67.